The van der Waals surface area contributed by atoms with Crippen LogP contribution in [0.4, 0.5) is 5.69 Å². The predicted octanol–water partition coefficient (Wildman–Crippen LogP) is 1.54. The number of aromatic hydroxyl groups is 1. The van der Waals surface area contributed by atoms with Crippen molar-refractivity contribution in [2.75, 3.05) is 6.61 Å². The van der Waals surface area contributed by atoms with E-state index in [0.717, 1.165) is 0 Å². The number of nitrogens with one attached hydrogen (secondary N) is 1. The summed E-state index contributed by atoms with van der Waals surface area (Å²) in [6.07, 6.45) is 0. The topological polar surface area (TPSA) is 105 Å². The first-order valence-corrected chi connectivity index (χ1v) is 5.20. The number of ether oxygens (including phenoxy) is 1. The standard InChI is InChI=1S/C11H10N2O5/c1-2-18-10-9(14)7-5-6(13(16)17)3-4-8(7)12-11(10)15/h3-5H,2H2,1H3,(H2,12,14,15). The van der Waals surface area contributed by atoms with Gasteiger partial charge >= 0.3 is 0 Å². The van der Waals surface area contributed by atoms with Crippen molar-refractivity contribution in [3.8, 4) is 11.5 Å². The van der Waals surface area contributed by atoms with Gasteiger partial charge in [-0.1, -0.05) is 0 Å². The summed E-state index contributed by atoms with van der Waals surface area (Å²) < 4.78 is 5.01. The van der Waals surface area contributed by atoms with E-state index in [1.54, 1.807) is 6.92 Å². The first-order valence-electron chi connectivity index (χ1n) is 5.20. The number of nitro benzene ring substituents is 1. The average Bonchev–Trinajstić information content (AvgIpc) is 2.34. The summed E-state index contributed by atoms with van der Waals surface area (Å²) in [6.45, 7) is 1.87. The quantitative estimate of drug-likeness (QED) is 0.634. The maximum atomic E-state index is 11.6. The van der Waals surface area contributed by atoms with Crippen molar-refractivity contribution in [3.63, 3.8) is 0 Å². The summed E-state index contributed by atoms with van der Waals surface area (Å²) >= 11 is 0. The second-order valence-corrected chi connectivity index (χ2v) is 3.55. The van der Waals surface area contributed by atoms with Gasteiger partial charge in [0.05, 0.1) is 22.4 Å². The van der Waals surface area contributed by atoms with Gasteiger partial charge in [-0.3, -0.25) is 14.9 Å². The minimum absolute atomic E-state index is 0.173. The van der Waals surface area contributed by atoms with E-state index in [0.29, 0.717) is 5.52 Å². The maximum Gasteiger partial charge on any atom is 0.294 e. The Morgan fingerprint density at radius 3 is 2.83 bits per heavy atom. The summed E-state index contributed by atoms with van der Waals surface area (Å²) in [5.41, 5.74) is -0.436. The van der Waals surface area contributed by atoms with Gasteiger partial charge in [-0.2, -0.15) is 0 Å². The minimum Gasteiger partial charge on any atom is -0.504 e. The summed E-state index contributed by atoms with van der Waals surface area (Å²) in [4.78, 5) is 24.2. The van der Waals surface area contributed by atoms with Gasteiger partial charge in [0.25, 0.3) is 11.2 Å². The molecule has 0 aliphatic heterocycles. The third-order valence-corrected chi connectivity index (χ3v) is 2.43. The van der Waals surface area contributed by atoms with Crippen molar-refractivity contribution in [2.24, 2.45) is 0 Å². The molecule has 2 N–H and O–H groups in total. The average molecular weight is 250 g/mol. The largest absolute Gasteiger partial charge is 0.504 e. The highest BCUT2D eigenvalue weighted by Gasteiger charge is 2.15. The van der Waals surface area contributed by atoms with Crippen LogP contribution in [0.2, 0.25) is 0 Å². The van der Waals surface area contributed by atoms with Gasteiger partial charge in [-0.25, -0.2) is 0 Å². The number of non-ortho nitro benzene ring substituents is 1. The molecule has 0 saturated heterocycles. The molecule has 0 atom stereocenters. The van der Waals surface area contributed by atoms with Gasteiger partial charge in [0, 0.05) is 12.1 Å². The first-order chi connectivity index (χ1) is 8.54. The highest BCUT2D eigenvalue weighted by atomic mass is 16.6. The van der Waals surface area contributed by atoms with Gasteiger partial charge in [0.15, 0.2) is 5.75 Å². The number of nitrogens with zero attached hydrogens (tertiary/aromatic N) is 1. The summed E-state index contributed by atoms with van der Waals surface area (Å²) in [6, 6.07) is 3.80. The number of fused-ring (bicyclic) bond motifs is 1. The van der Waals surface area contributed by atoms with E-state index in [2.05, 4.69) is 4.98 Å². The fourth-order valence-electron chi connectivity index (χ4n) is 1.64. The highest BCUT2D eigenvalue weighted by Crippen LogP contribution is 2.32. The Bertz CT molecular complexity index is 677. The molecule has 0 aliphatic rings. The Morgan fingerprint density at radius 2 is 2.22 bits per heavy atom. The second kappa shape index (κ2) is 4.36. The normalized spacial score (nSPS) is 10.5. The van der Waals surface area contributed by atoms with Crippen molar-refractivity contribution in [1.29, 1.82) is 0 Å². The molecule has 0 aliphatic carbocycles. The zero-order valence-corrected chi connectivity index (χ0v) is 9.47. The lowest BCUT2D eigenvalue weighted by atomic mass is 10.2. The monoisotopic (exact) mass is 250 g/mol. The molecule has 1 aromatic carbocycles. The maximum absolute atomic E-state index is 11.6. The molecule has 7 nitrogen and oxygen atoms in total. The molecule has 2 aromatic rings. The number of rotatable bonds is 3. The van der Waals surface area contributed by atoms with Crippen LogP contribution in [0, 0.1) is 10.1 Å². The third-order valence-electron chi connectivity index (χ3n) is 2.43. The molecule has 94 valence electrons. The lowest BCUT2D eigenvalue weighted by molar-refractivity contribution is -0.384. The number of H-pyrrole nitrogens is 1. The van der Waals surface area contributed by atoms with Gasteiger partial charge in [0.1, 0.15) is 0 Å². The van der Waals surface area contributed by atoms with E-state index in [4.69, 9.17) is 4.74 Å². The van der Waals surface area contributed by atoms with E-state index >= 15 is 0 Å². The van der Waals surface area contributed by atoms with Crippen LogP contribution in [0.1, 0.15) is 6.92 Å². The van der Waals surface area contributed by atoms with E-state index in [9.17, 15) is 20.0 Å². The smallest absolute Gasteiger partial charge is 0.294 e. The molecular formula is C11H10N2O5. The summed E-state index contributed by atoms with van der Waals surface area (Å²) in [5, 5.41) is 20.7. The first kappa shape index (κ1) is 11.9. The molecule has 0 fully saturated rings. The third kappa shape index (κ3) is 1.86. The summed E-state index contributed by atoms with van der Waals surface area (Å²) in [5.74, 6) is -0.621. The molecule has 0 radical (unpaired) electrons. The van der Waals surface area contributed by atoms with Crippen LogP contribution in [0.25, 0.3) is 10.9 Å². The number of nitro groups is 1. The fourth-order valence-corrected chi connectivity index (χ4v) is 1.64. The number of aromatic amines is 1. The van der Waals surface area contributed by atoms with Crippen molar-refractivity contribution >= 4 is 16.6 Å². The molecule has 1 heterocycles. The molecule has 0 unspecified atom stereocenters. The Labute approximate surface area is 101 Å². The summed E-state index contributed by atoms with van der Waals surface area (Å²) in [7, 11) is 0. The van der Waals surface area contributed by atoms with E-state index in [1.807, 2.05) is 0 Å². The lowest BCUT2D eigenvalue weighted by Gasteiger charge is -2.07. The van der Waals surface area contributed by atoms with E-state index < -0.39 is 10.5 Å². The number of pyridine rings is 1. The molecular weight excluding hydrogens is 240 g/mol. The number of benzene rings is 1. The number of aromatic nitrogens is 1. The van der Waals surface area contributed by atoms with Crippen molar-refractivity contribution < 1.29 is 14.8 Å². The van der Waals surface area contributed by atoms with Crippen molar-refractivity contribution in [3.05, 3.63) is 38.7 Å². The predicted molar refractivity (Wildman–Crippen MR) is 64.1 cm³/mol. The van der Waals surface area contributed by atoms with Gasteiger partial charge in [-0.15, -0.1) is 0 Å². The van der Waals surface area contributed by atoms with Crippen LogP contribution in [0.15, 0.2) is 23.0 Å². The number of hydrogen-bond acceptors (Lipinski definition) is 5. The zero-order valence-electron chi connectivity index (χ0n) is 9.47. The lowest BCUT2D eigenvalue weighted by Crippen LogP contribution is -2.11. The Hall–Kier alpha value is -2.57. The molecule has 0 amide bonds. The molecule has 0 saturated carbocycles. The van der Waals surface area contributed by atoms with Crippen LogP contribution >= 0.6 is 0 Å². The molecule has 0 bridgehead atoms. The molecule has 18 heavy (non-hydrogen) atoms. The van der Waals surface area contributed by atoms with Crippen molar-refractivity contribution in [1.82, 2.24) is 4.98 Å². The Balaban J connectivity index is 2.76. The number of hydrogen-bond donors (Lipinski definition) is 2. The van der Waals surface area contributed by atoms with Gasteiger partial charge in [0.2, 0.25) is 5.75 Å². The van der Waals surface area contributed by atoms with Gasteiger partial charge in [-0.05, 0) is 13.0 Å². The molecule has 7 heteroatoms. The van der Waals surface area contributed by atoms with E-state index in [1.165, 1.54) is 18.2 Å². The van der Waals surface area contributed by atoms with Crippen molar-refractivity contribution in [2.45, 2.75) is 6.92 Å². The highest BCUT2D eigenvalue weighted by molar-refractivity contribution is 5.88. The molecule has 0 spiro atoms. The minimum atomic E-state index is -0.579. The SMILES string of the molecule is CCOc1c(O)c2cc([N+](=O)[O-])ccc2[nH]c1=O. The van der Waals surface area contributed by atoms with Crippen LogP contribution in [0.5, 0.6) is 11.5 Å². The van der Waals surface area contributed by atoms with Crippen LogP contribution in [-0.4, -0.2) is 21.6 Å². The fraction of sp³-hybridized carbons (Fsp3) is 0.182. The van der Waals surface area contributed by atoms with Gasteiger partial charge < -0.3 is 14.8 Å². The van der Waals surface area contributed by atoms with Crippen LogP contribution in [-0.2, 0) is 0 Å². The second-order valence-electron chi connectivity index (χ2n) is 3.55. The molecule has 1 aromatic heterocycles. The van der Waals surface area contributed by atoms with E-state index in [-0.39, 0.29) is 29.2 Å². The Morgan fingerprint density at radius 1 is 1.50 bits per heavy atom. The zero-order chi connectivity index (χ0) is 13.3. The molecule has 2 rings (SSSR count). The Kier molecular flexibility index (Phi) is 2.88. The van der Waals surface area contributed by atoms with Crippen LogP contribution < -0.4 is 10.3 Å². The van der Waals surface area contributed by atoms with Crippen LogP contribution in [0.3, 0.4) is 0 Å².